The van der Waals surface area contributed by atoms with Gasteiger partial charge in [0.2, 0.25) is 0 Å². The first-order valence-corrected chi connectivity index (χ1v) is 8.08. The van der Waals surface area contributed by atoms with Crippen molar-refractivity contribution in [3.8, 4) is 0 Å². The fraction of sp³-hybridized carbons (Fsp3) is 1.00. The maximum Gasteiger partial charge on any atom is 0.00816 e. The van der Waals surface area contributed by atoms with Crippen LogP contribution < -0.4 is 5.32 Å². The second-order valence-electron chi connectivity index (χ2n) is 6.37. The normalized spacial score (nSPS) is 25.0. The van der Waals surface area contributed by atoms with Crippen molar-refractivity contribution >= 4 is 0 Å². The van der Waals surface area contributed by atoms with Crippen LogP contribution in [0.25, 0.3) is 0 Å². The molecule has 1 heterocycles. The van der Waals surface area contributed by atoms with Gasteiger partial charge in [0.15, 0.2) is 0 Å². The van der Waals surface area contributed by atoms with Gasteiger partial charge < -0.3 is 10.2 Å². The van der Waals surface area contributed by atoms with Crippen molar-refractivity contribution in [2.45, 2.75) is 77.8 Å². The second kappa shape index (κ2) is 8.92. The Hall–Kier alpha value is -0.0800. The highest BCUT2D eigenvalue weighted by Crippen LogP contribution is 2.19. The van der Waals surface area contributed by atoms with Gasteiger partial charge in [-0.1, -0.05) is 32.6 Å². The summed E-state index contributed by atoms with van der Waals surface area (Å²) >= 11 is 0. The van der Waals surface area contributed by atoms with Crippen molar-refractivity contribution < 1.29 is 0 Å². The molecule has 108 valence electrons. The molecule has 0 radical (unpaired) electrons. The van der Waals surface area contributed by atoms with Crippen LogP contribution in [0.4, 0.5) is 0 Å². The first kappa shape index (κ1) is 16.0. The molecule has 1 N–H and O–H groups in total. The molecule has 0 aromatic rings. The number of hydrogen-bond acceptors (Lipinski definition) is 2. The Labute approximate surface area is 115 Å². The molecule has 1 fully saturated rings. The van der Waals surface area contributed by atoms with E-state index >= 15 is 0 Å². The summed E-state index contributed by atoms with van der Waals surface area (Å²) in [6.45, 7) is 9.58. The summed E-state index contributed by atoms with van der Waals surface area (Å²) in [5.41, 5.74) is 0. The number of nitrogens with zero attached hydrogens (tertiary/aromatic N) is 1. The minimum atomic E-state index is 0.675. The summed E-state index contributed by atoms with van der Waals surface area (Å²) in [6, 6.07) is 1.36. The summed E-state index contributed by atoms with van der Waals surface area (Å²) < 4.78 is 0. The summed E-state index contributed by atoms with van der Waals surface area (Å²) in [5, 5.41) is 3.82. The number of likely N-dealkylation sites (tertiary alicyclic amines) is 1. The van der Waals surface area contributed by atoms with Gasteiger partial charge in [0, 0.05) is 18.6 Å². The molecular formula is C16H34N2. The third-order valence-corrected chi connectivity index (χ3v) is 4.41. The zero-order chi connectivity index (χ0) is 13.4. The van der Waals surface area contributed by atoms with Gasteiger partial charge in [-0.2, -0.15) is 0 Å². The van der Waals surface area contributed by atoms with Crippen molar-refractivity contribution in [1.29, 1.82) is 0 Å². The molecule has 1 saturated heterocycles. The maximum atomic E-state index is 3.82. The number of rotatable bonds is 8. The third-order valence-electron chi connectivity index (χ3n) is 4.41. The second-order valence-corrected chi connectivity index (χ2v) is 6.37. The highest BCUT2D eigenvalue weighted by Gasteiger charge is 2.23. The highest BCUT2D eigenvalue weighted by molar-refractivity contribution is 4.80. The van der Waals surface area contributed by atoms with E-state index in [1.165, 1.54) is 58.0 Å². The molecule has 1 aliphatic rings. The average Bonchev–Trinajstić information content (AvgIpc) is 2.34. The average molecular weight is 254 g/mol. The molecule has 0 bridgehead atoms. The van der Waals surface area contributed by atoms with E-state index in [-0.39, 0.29) is 0 Å². The zero-order valence-electron chi connectivity index (χ0n) is 13.0. The Morgan fingerprint density at radius 3 is 2.67 bits per heavy atom. The SMILES string of the molecule is CCCCCCC(C)NC(C)C1CCCN(C)C1. The molecule has 0 saturated carbocycles. The fourth-order valence-electron chi connectivity index (χ4n) is 3.16. The smallest absolute Gasteiger partial charge is 0.00816 e. The molecule has 0 amide bonds. The third kappa shape index (κ3) is 6.19. The molecule has 18 heavy (non-hydrogen) atoms. The molecule has 2 heteroatoms. The predicted molar refractivity (Wildman–Crippen MR) is 81.0 cm³/mol. The van der Waals surface area contributed by atoms with Crippen LogP contribution in [-0.2, 0) is 0 Å². The molecule has 3 unspecified atom stereocenters. The van der Waals surface area contributed by atoms with Gasteiger partial charge in [-0.05, 0) is 52.6 Å². The van der Waals surface area contributed by atoms with E-state index in [0.717, 1.165) is 5.92 Å². The van der Waals surface area contributed by atoms with Crippen LogP contribution in [0.1, 0.15) is 65.7 Å². The summed E-state index contributed by atoms with van der Waals surface area (Å²) in [4.78, 5) is 2.48. The number of hydrogen-bond donors (Lipinski definition) is 1. The van der Waals surface area contributed by atoms with Crippen LogP contribution in [-0.4, -0.2) is 37.1 Å². The van der Waals surface area contributed by atoms with Gasteiger partial charge in [-0.25, -0.2) is 0 Å². The van der Waals surface area contributed by atoms with E-state index < -0.39 is 0 Å². The van der Waals surface area contributed by atoms with Gasteiger partial charge in [-0.15, -0.1) is 0 Å². The van der Waals surface area contributed by atoms with Crippen molar-refractivity contribution in [3.05, 3.63) is 0 Å². The van der Waals surface area contributed by atoms with Gasteiger partial charge in [0.1, 0.15) is 0 Å². The molecule has 2 nitrogen and oxygen atoms in total. The van der Waals surface area contributed by atoms with Gasteiger partial charge >= 0.3 is 0 Å². The van der Waals surface area contributed by atoms with Gasteiger partial charge in [0.05, 0.1) is 0 Å². The lowest BCUT2D eigenvalue weighted by Crippen LogP contribution is -2.45. The van der Waals surface area contributed by atoms with Crippen LogP contribution in [0.2, 0.25) is 0 Å². The topological polar surface area (TPSA) is 15.3 Å². The number of nitrogens with one attached hydrogen (secondary N) is 1. The molecule has 0 aliphatic carbocycles. The lowest BCUT2D eigenvalue weighted by molar-refractivity contribution is 0.173. The lowest BCUT2D eigenvalue weighted by atomic mass is 9.91. The van der Waals surface area contributed by atoms with E-state index in [1.807, 2.05) is 0 Å². The molecule has 0 aromatic carbocycles. The van der Waals surface area contributed by atoms with E-state index in [0.29, 0.717) is 12.1 Å². The van der Waals surface area contributed by atoms with E-state index in [9.17, 15) is 0 Å². The molecule has 0 spiro atoms. The Morgan fingerprint density at radius 2 is 2.00 bits per heavy atom. The largest absolute Gasteiger partial charge is 0.311 e. The lowest BCUT2D eigenvalue weighted by Gasteiger charge is -2.35. The molecule has 3 atom stereocenters. The van der Waals surface area contributed by atoms with Crippen molar-refractivity contribution in [3.63, 3.8) is 0 Å². The molecule has 0 aromatic heterocycles. The Morgan fingerprint density at radius 1 is 1.22 bits per heavy atom. The predicted octanol–water partition coefficient (Wildman–Crippen LogP) is 3.67. The van der Waals surface area contributed by atoms with Crippen molar-refractivity contribution in [1.82, 2.24) is 10.2 Å². The van der Waals surface area contributed by atoms with Crippen molar-refractivity contribution in [2.24, 2.45) is 5.92 Å². The van der Waals surface area contributed by atoms with Crippen LogP contribution >= 0.6 is 0 Å². The minimum absolute atomic E-state index is 0.675. The van der Waals surface area contributed by atoms with Crippen LogP contribution in [0.3, 0.4) is 0 Å². The van der Waals surface area contributed by atoms with E-state index in [4.69, 9.17) is 0 Å². The van der Waals surface area contributed by atoms with Crippen molar-refractivity contribution in [2.75, 3.05) is 20.1 Å². The van der Waals surface area contributed by atoms with Crippen LogP contribution in [0.5, 0.6) is 0 Å². The van der Waals surface area contributed by atoms with Crippen LogP contribution in [0.15, 0.2) is 0 Å². The minimum Gasteiger partial charge on any atom is -0.311 e. The Bertz CT molecular complexity index is 205. The highest BCUT2D eigenvalue weighted by atomic mass is 15.1. The first-order valence-electron chi connectivity index (χ1n) is 8.08. The summed E-state index contributed by atoms with van der Waals surface area (Å²) in [6.07, 6.45) is 9.65. The van der Waals surface area contributed by atoms with Gasteiger partial charge in [0.25, 0.3) is 0 Å². The molecule has 1 aliphatic heterocycles. The first-order chi connectivity index (χ1) is 8.63. The van der Waals surface area contributed by atoms with Gasteiger partial charge in [-0.3, -0.25) is 0 Å². The molecular weight excluding hydrogens is 220 g/mol. The number of piperidine rings is 1. The quantitative estimate of drug-likeness (QED) is 0.665. The number of unbranched alkanes of at least 4 members (excludes halogenated alkanes) is 3. The van der Waals surface area contributed by atoms with Crippen LogP contribution in [0, 0.1) is 5.92 Å². The zero-order valence-corrected chi connectivity index (χ0v) is 13.0. The fourth-order valence-corrected chi connectivity index (χ4v) is 3.16. The summed E-state index contributed by atoms with van der Waals surface area (Å²) in [7, 11) is 2.26. The monoisotopic (exact) mass is 254 g/mol. The Balaban J connectivity index is 2.15. The maximum absolute atomic E-state index is 3.82. The standard InChI is InChI=1S/C16H34N2/c1-5-6-7-8-10-14(2)17-15(3)16-11-9-12-18(4)13-16/h14-17H,5-13H2,1-4H3. The van der Waals surface area contributed by atoms with E-state index in [2.05, 4.69) is 38.0 Å². The Kier molecular flexibility index (Phi) is 7.92. The molecule has 1 rings (SSSR count). The van der Waals surface area contributed by atoms with E-state index in [1.54, 1.807) is 0 Å². The summed E-state index contributed by atoms with van der Waals surface area (Å²) in [5.74, 6) is 0.849.